The molecule has 0 amide bonds. The summed E-state index contributed by atoms with van der Waals surface area (Å²) in [5.41, 5.74) is 4.88. The highest BCUT2D eigenvalue weighted by atomic mass is 31.2. The molecule has 21 heavy (non-hydrogen) atoms. The predicted octanol–water partition coefficient (Wildman–Crippen LogP) is 0.655. The third-order valence-corrected chi connectivity index (χ3v) is 4.24. The highest BCUT2D eigenvalue weighted by Crippen LogP contribution is 2.47. The molecule has 0 radical (unpaired) electrons. The third-order valence-electron chi connectivity index (χ3n) is 3.24. The Morgan fingerprint density at radius 1 is 1.67 bits per heavy atom. The van der Waals surface area contributed by atoms with Crippen molar-refractivity contribution in [2.75, 3.05) is 12.8 Å². The molecule has 1 aliphatic rings. The zero-order chi connectivity index (χ0) is 15.6. The van der Waals surface area contributed by atoms with Gasteiger partial charge in [-0.05, 0) is 12.5 Å². The highest BCUT2D eigenvalue weighted by molar-refractivity contribution is 7.47. The predicted molar refractivity (Wildman–Crippen MR) is 73.4 cm³/mol. The Morgan fingerprint density at radius 3 is 2.95 bits per heavy atom. The van der Waals surface area contributed by atoms with Crippen LogP contribution in [-0.2, 0) is 18.3 Å². The number of nitrogen functional groups attached to an aromatic ring is 1. The van der Waals surface area contributed by atoms with Crippen molar-refractivity contribution < 1.29 is 23.2 Å². The second-order valence-corrected chi connectivity index (χ2v) is 6.12. The van der Waals surface area contributed by atoms with Crippen molar-refractivity contribution in [3.8, 4) is 0 Å². The Balaban J connectivity index is 2.18. The van der Waals surface area contributed by atoms with Crippen molar-refractivity contribution in [2.45, 2.75) is 38.2 Å². The molecule has 0 spiro atoms. The van der Waals surface area contributed by atoms with Crippen molar-refractivity contribution in [1.82, 2.24) is 9.55 Å². The second-order valence-electron chi connectivity index (χ2n) is 4.61. The lowest BCUT2D eigenvalue weighted by atomic mass is 10.1. The molecule has 1 aromatic heterocycles. The summed E-state index contributed by atoms with van der Waals surface area (Å²) in [7, 11) is -3.03. The molecule has 1 unspecified atom stereocenters. The summed E-state index contributed by atoms with van der Waals surface area (Å²) in [6, 6.07) is 1.48. The van der Waals surface area contributed by atoms with Crippen LogP contribution in [0.4, 0.5) is 5.82 Å². The fourth-order valence-electron chi connectivity index (χ4n) is 2.20. The number of nitrogens with zero attached hydrogens (tertiary/aromatic N) is 2. The summed E-state index contributed by atoms with van der Waals surface area (Å²) < 4.78 is 28.0. The first-order valence-electron chi connectivity index (χ1n) is 6.43. The van der Waals surface area contributed by atoms with E-state index in [1.807, 2.05) is 6.92 Å². The Hall–Kier alpha value is -1.25. The van der Waals surface area contributed by atoms with Gasteiger partial charge < -0.3 is 15.4 Å². The molecule has 1 aliphatic heterocycles. The summed E-state index contributed by atoms with van der Waals surface area (Å²) in [5, 5.41) is 0. The van der Waals surface area contributed by atoms with Gasteiger partial charge in [-0.3, -0.25) is 13.6 Å². The third kappa shape index (κ3) is 3.69. The maximum absolute atomic E-state index is 11.8. The minimum atomic E-state index is -4.11. The molecule has 9 nitrogen and oxygen atoms in total. The van der Waals surface area contributed by atoms with Crippen molar-refractivity contribution >= 4 is 13.6 Å². The van der Waals surface area contributed by atoms with Crippen LogP contribution in [0.15, 0.2) is 17.1 Å². The van der Waals surface area contributed by atoms with Gasteiger partial charge in [-0.2, -0.15) is 4.98 Å². The van der Waals surface area contributed by atoms with E-state index in [4.69, 9.17) is 15.0 Å². The lowest BCUT2D eigenvalue weighted by Gasteiger charge is -2.18. The molecule has 10 heteroatoms. The number of anilines is 1. The number of aromatic nitrogens is 2. The van der Waals surface area contributed by atoms with Gasteiger partial charge in [-0.25, -0.2) is 9.36 Å². The first kappa shape index (κ1) is 16.1. The minimum absolute atomic E-state index is 0.119. The number of phosphoric ester groups is 1. The average molecular weight is 319 g/mol. The van der Waals surface area contributed by atoms with Gasteiger partial charge in [0.1, 0.15) is 12.0 Å². The molecule has 1 saturated heterocycles. The van der Waals surface area contributed by atoms with Crippen LogP contribution in [0.3, 0.4) is 0 Å². The Labute approximate surface area is 121 Å². The molecule has 118 valence electrons. The number of rotatable bonds is 5. The van der Waals surface area contributed by atoms with E-state index in [9.17, 15) is 14.3 Å². The molecule has 2 heterocycles. The van der Waals surface area contributed by atoms with Gasteiger partial charge in [0.15, 0.2) is 0 Å². The molecule has 0 bridgehead atoms. The largest absolute Gasteiger partial charge is 0.472 e. The van der Waals surface area contributed by atoms with Gasteiger partial charge in [0.25, 0.3) is 0 Å². The topological polar surface area (TPSA) is 126 Å². The lowest BCUT2D eigenvalue weighted by molar-refractivity contribution is -0.0221. The van der Waals surface area contributed by atoms with E-state index >= 15 is 0 Å². The van der Waals surface area contributed by atoms with E-state index in [1.54, 1.807) is 0 Å². The molecule has 1 aromatic rings. The van der Waals surface area contributed by atoms with Gasteiger partial charge in [0, 0.05) is 19.7 Å². The van der Waals surface area contributed by atoms with Gasteiger partial charge in [-0.15, -0.1) is 0 Å². The van der Waals surface area contributed by atoms with Crippen LogP contribution < -0.4 is 11.4 Å². The minimum Gasteiger partial charge on any atom is -0.383 e. The summed E-state index contributed by atoms with van der Waals surface area (Å²) in [4.78, 5) is 24.8. The van der Waals surface area contributed by atoms with E-state index in [0.29, 0.717) is 6.42 Å². The molecule has 4 atom stereocenters. The maximum Gasteiger partial charge on any atom is 0.472 e. The molecule has 0 aromatic carbocycles. The van der Waals surface area contributed by atoms with E-state index in [2.05, 4.69) is 9.51 Å². The van der Waals surface area contributed by atoms with E-state index < -0.39 is 31.9 Å². The van der Waals surface area contributed by atoms with Crippen LogP contribution >= 0.6 is 7.82 Å². The quantitative estimate of drug-likeness (QED) is 0.758. The summed E-state index contributed by atoms with van der Waals surface area (Å²) in [6.07, 6.45) is 0.562. The van der Waals surface area contributed by atoms with Crippen molar-refractivity contribution in [2.24, 2.45) is 0 Å². The molecule has 0 saturated carbocycles. The Bertz CT molecular complexity index is 606. The van der Waals surface area contributed by atoms with Crippen molar-refractivity contribution in [1.29, 1.82) is 0 Å². The average Bonchev–Trinajstić information content (AvgIpc) is 2.80. The van der Waals surface area contributed by atoms with Crippen LogP contribution in [0.2, 0.25) is 0 Å². The highest BCUT2D eigenvalue weighted by Gasteiger charge is 2.40. The smallest absolute Gasteiger partial charge is 0.383 e. The Morgan fingerprint density at radius 2 is 2.38 bits per heavy atom. The van der Waals surface area contributed by atoms with Crippen molar-refractivity contribution in [3.63, 3.8) is 0 Å². The fraction of sp³-hybridized carbons (Fsp3) is 0.636. The number of nitrogens with two attached hydrogens (primary N) is 1. The normalized spacial score (nSPS) is 28.4. The fourth-order valence-corrected chi connectivity index (χ4v) is 2.85. The molecular weight excluding hydrogens is 301 g/mol. The number of ether oxygens (including phenoxy) is 1. The van der Waals surface area contributed by atoms with E-state index in [-0.39, 0.29) is 12.2 Å². The van der Waals surface area contributed by atoms with Crippen LogP contribution in [0.25, 0.3) is 0 Å². The molecule has 2 rings (SSSR count). The van der Waals surface area contributed by atoms with Gasteiger partial charge >= 0.3 is 13.5 Å². The summed E-state index contributed by atoms with van der Waals surface area (Å²) >= 11 is 0. The molecule has 3 N–H and O–H groups in total. The Kier molecular flexibility index (Phi) is 4.80. The SMILES string of the molecule is CC[C@H]1O[C@@H](n2ccc(N)nc2=O)C[C@H]1OP(=O)(O)OC. The van der Waals surface area contributed by atoms with Crippen molar-refractivity contribution in [3.05, 3.63) is 22.7 Å². The number of hydrogen-bond donors (Lipinski definition) is 2. The molecule has 1 fully saturated rings. The van der Waals surface area contributed by atoms with Crippen LogP contribution in [0, 0.1) is 0 Å². The zero-order valence-corrected chi connectivity index (χ0v) is 12.6. The first-order chi connectivity index (χ1) is 9.86. The van der Waals surface area contributed by atoms with E-state index in [0.717, 1.165) is 7.11 Å². The monoisotopic (exact) mass is 319 g/mol. The lowest BCUT2D eigenvalue weighted by Crippen LogP contribution is -2.27. The van der Waals surface area contributed by atoms with E-state index in [1.165, 1.54) is 16.8 Å². The number of phosphoric acid groups is 1. The summed E-state index contributed by atoms with van der Waals surface area (Å²) in [5.74, 6) is 0.119. The van der Waals surface area contributed by atoms with Crippen LogP contribution in [0.1, 0.15) is 26.0 Å². The standard InChI is InChI=1S/C11H18N3O6P/c1-3-7-8(20-21(16,17)18-2)6-10(19-7)14-5-4-9(12)13-11(14)15/h4-5,7-8,10H,3,6H2,1-2H3,(H,16,17)(H2,12,13,15)/t7-,8-,10-/m1/s1. The van der Waals surface area contributed by atoms with Gasteiger partial charge in [-0.1, -0.05) is 6.92 Å². The summed E-state index contributed by atoms with van der Waals surface area (Å²) in [6.45, 7) is 1.85. The van der Waals surface area contributed by atoms with Crippen LogP contribution in [0.5, 0.6) is 0 Å². The molecule has 0 aliphatic carbocycles. The van der Waals surface area contributed by atoms with Gasteiger partial charge in [0.05, 0.1) is 12.2 Å². The molecular formula is C11H18N3O6P. The number of hydrogen-bond acceptors (Lipinski definition) is 7. The zero-order valence-electron chi connectivity index (χ0n) is 11.7. The maximum atomic E-state index is 11.8. The van der Waals surface area contributed by atoms with Crippen LogP contribution in [-0.4, -0.2) is 33.8 Å². The van der Waals surface area contributed by atoms with Gasteiger partial charge in [0.2, 0.25) is 0 Å². The first-order valence-corrected chi connectivity index (χ1v) is 7.93. The second kappa shape index (κ2) is 6.25.